The molecule has 1 heteroatoms. The number of halogens is 1. The summed E-state index contributed by atoms with van der Waals surface area (Å²) in [4.78, 5) is 0. The Bertz CT molecular complexity index is 196. The average Bonchev–Trinajstić information content (AvgIpc) is 2.35. The number of hydrogen-bond acceptors (Lipinski definition) is 0. The summed E-state index contributed by atoms with van der Waals surface area (Å²) in [6, 6.07) is 0. The molecule has 0 aromatic carbocycles. The van der Waals surface area contributed by atoms with Crippen LogP contribution in [0.2, 0.25) is 0 Å². The van der Waals surface area contributed by atoms with Gasteiger partial charge in [-0.25, -0.2) is 0 Å². The first-order valence-electron chi connectivity index (χ1n) is 8.95. The number of hydrogen-bond donors (Lipinski definition) is 0. The van der Waals surface area contributed by atoms with E-state index in [1.165, 1.54) is 51.4 Å². The van der Waals surface area contributed by atoms with Crippen LogP contribution < -0.4 is 0 Å². The fourth-order valence-electron chi connectivity index (χ4n) is 4.28. The van der Waals surface area contributed by atoms with Crippen molar-refractivity contribution in [1.29, 1.82) is 0 Å². The van der Waals surface area contributed by atoms with Gasteiger partial charge in [-0.1, -0.05) is 80.1 Å². The molecule has 0 aliphatic carbocycles. The van der Waals surface area contributed by atoms with Crippen LogP contribution in [0.5, 0.6) is 0 Å². The zero-order valence-corrected chi connectivity index (χ0v) is 15.7. The van der Waals surface area contributed by atoms with Crippen LogP contribution in [0, 0.1) is 23.2 Å². The predicted molar refractivity (Wildman–Crippen MR) is 94.6 cm³/mol. The van der Waals surface area contributed by atoms with Gasteiger partial charge in [0.15, 0.2) is 0 Å². The molecule has 0 saturated carbocycles. The maximum atomic E-state index is 5.70. The fourth-order valence-corrected chi connectivity index (χ4v) is 4.46. The Labute approximate surface area is 134 Å². The minimum atomic E-state index is 0.526. The van der Waals surface area contributed by atoms with E-state index in [9.17, 15) is 0 Å². The van der Waals surface area contributed by atoms with Gasteiger partial charge < -0.3 is 0 Å². The zero-order valence-electron chi connectivity index (χ0n) is 15.0. The second-order valence-electron chi connectivity index (χ2n) is 7.49. The molecule has 0 aliphatic heterocycles. The van der Waals surface area contributed by atoms with Crippen LogP contribution in [-0.2, 0) is 0 Å². The maximum Gasteiger partial charge on any atom is 0.0223 e. The van der Waals surface area contributed by atoms with Gasteiger partial charge in [-0.3, -0.25) is 0 Å². The monoisotopic (exact) mass is 302 g/mol. The maximum absolute atomic E-state index is 5.70. The highest BCUT2D eigenvalue weighted by Gasteiger charge is 2.39. The van der Waals surface area contributed by atoms with Crippen molar-refractivity contribution in [2.24, 2.45) is 23.2 Å². The Morgan fingerprint density at radius 3 is 1.30 bits per heavy atom. The highest BCUT2D eigenvalue weighted by molar-refractivity contribution is 6.17. The zero-order chi connectivity index (χ0) is 15.6. The van der Waals surface area contributed by atoms with Gasteiger partial charge in [-0.15, -0.1) is 11.6 Å². The quantitative estimate of drug-likeness (QED) is 0.262. The predicted octanol–water partition coefficient (Wildman–Crippen LogP) is 7.30. The minimum Gasteiger partial charge on any atom is -0.127 e. The molecule has 0 amide bonds. The minimum absolute atomic E-state index is 0.526. The van der Waals surface area contributed by atoms with Crippen LogP contribution in [-0.4, -0.2) is 5.88 Å². The molecule has 0 aromatic rings. The Kier molecular flexibility index (Phi) is 11.1. The van der Waals surface area contributed by atoms with Crippen LogP contribution in [0.25, 0.3) is 0 Å². The van der Waals surface area contributed by atoms with Crippen LogP contribution in [0.15, 0.2) is 0 Å². The molecule has 0 N–H and O–H groups in total. The van der Waals surface area contributed by atoms with E-state index in [0.717, 1.165) is 23.6 Å². The highest BCUT2D eigenvalue weighted by atomic mass is 35.5. The molecule has 0 bridgehead atoms. The largest absolute Gasteiger partial charge is 0.127 e. The highest BCUT2D eigenvalue weighted by Crippen LogP contribution is 2.47. The molecule has 0 heterocycles. The van der Waals surface area contributed by atoms with E-state index < -0.39 is 0 Å². The van der Waals surface area contributed by atoms with Gasteiger partial charge in [0, 0.05) is 5.88 Å². The fraction of sp³-hybridized carbons (Fsp3) is 1.00. The summed E-state index contributed by atoms with van der Waals surface area (Å²) in [6.07, 6.45) is 10.9. The molecular formula is C19H39Cl. The van der Waals surface area contributed by atoms with Crippen LogP contribution >= 0.6 is 11.6 Å². The molecule has 0 nitrogen and oxygen atoms in total. The van der Waals surface area contributed by atoms with Gasteiger partial charge in [0.1, 0.15) is 0 Å². The molecule has 20 heavy (non-hydrogen) atoms. The van der Waals surface area contributed by atoms with E-state index in [4.69, 9.17) is 11.6 Å². The van der Waals surface area contributed by atoms with Crippen LogP contribution in [0.3, 0.4) is 0 Å². The Hall–Kier alpha value is 0.290. The summed E-state index contributed by atoms with van der Waals surface area (Å²) < 4.78 is 0. The summed E-state index contributed by atoms with van der Waals surface area (Å²) in [5, 5.41) is 0. The van der Waals surface area contributed by atoms with Crippen molar-refractivity contribution in [2.75, 3.05) is 5.88 Å². The van der Waals surface area contributed by atoms with Crippen molar-refractivity contribution in [3.05, 3.63) is 0 Å². The number of unbranched alkanes of at least 4 members (excludes halogenated alkanes) is 6. The second kappa shape index (κ2) is 10.9. The average molecular weight is 303 g/mol. The summed E-state index contributed by atoms with van der Waals surface area (Å²) in [6.45, 7) is 14.5. The summed E-state index contributed by atoms with van der Waals surface area (Å²) in [7, 11) is 0. The molecule has 0 aromatic heterocycles. The molecule has 0 unspecified atom stereocenters. The third-order valence-corrected chi connectivity index (χ3v) is 5.74. The molecule has 0 radical (unpaired) electrons. The third kappa shape index (κ3) is 6.37. The van der Waals surface area contributed by atoms with Crippen molar-refractivity contribution >= 4 is 11.6 Å². The standard InChI is InChI=1S/C19H39Cl/c1-16(2)19(17(3)4,18(5)6)14-12-10-8-7-9-11-13-15-20/h16-18H,7-15H2,1-6H3. The molecule has 0 aliphatic rings. The first kappa shape index (κ1) is 20.3. The van der Waals surface area contributed by atoms with E-state index in [-0.39, 0.29) is 0 Å². The topological polar surface area (TPSA) is 0 Å². The van der Waals surface area contributed by atoms with Crippen LogP contribution in [0.4, 0.5) is 0 Å². The smallest absolute Gasteiger partial charge is 0.0223 e. The normalized spacial score (nSPS) is 12.9. The Balaban J connectivity index is 4.04. The molecule has 122 valence electrons. The van der Waals surface area contributed by atoms with E-state index >= 15 is 0 Å². The SMILES string of the molecule is CC(C)C(CCCCCCCCCCl)(C(C)C)C(C)C. The molecule has 0 saturated heterocycles. The molecule has 0 spiro atoms. The lowest BCUT2D eigenvalue weighted by molar-refractivity contribution is 0.0356. The second-order valence-corrected chi connectivity index (χ2v) is 7.87. The molecule has 0 atom stereocenters. The summed E-state index contributed by atoms with van der Waals surface area (Å²) in [5.74, 6) is 3.18. The van der Waals surface area contributed by atoms with Gasteiger partial charge in [0.25, 0.3) is 0 Å². The summed E-state index contributed by atoms with van der Waals surface area (Å²) >= 11 is 5.70. The van der Waals surface area contributed by atoms with Crippen molar-refractivity contribution in [3.8, 4) is 0 Å². The van der Waals surface area contributed by atoms with Gasteiger partial charge in [0.2, 0.25) is 0 Å². The molecular weight excluding hydrogens is 264 g/mol. The lowest BCUT2D eigenvalue weighted by atomic mass is 9.60. The molecule has 0 fully saturated rings. The Morgan fingerprint density at radius 1 is 0.600 bits per heavy atom. The van der Waals surface area contributed by atoms with E-state index in [0.29, 0.717) is 5.41 Å². The van der Waals surface area contributed by atoms with Gasteiger partial charge in [0.05, 0.1) is 0 Å². The van der Waals surface area contributed by atoms with E-state index in [1.54, 1.807) is 0 Å². The lowest BCUT2D eigenvalue weighted by Crippen LogP contribution is -2.38. The van der Waals surface area contributed by atoms with Crippen molar-refractivity contribution < 1.29 is 0 Å². The van der Waals surface area contributed by atoms with Gasteiger partial charge in [-0.2, -0.15) is 0 Å². The van der Waals surface area contributed by atoms with E-state index in [1.807, 2.05) is 0 Å². The first-order chi connectivity index (χ1) is 9.39. The Morgan fingerprint density at radius 2 is 0.950 bits per heavy atom. The van der Waals surface area contributed by atoms with Gasteiger partial charge >= 0.3 is 0 Å². The van der Waals surface area contributed by atoms with Crippen molar-refractivity contribution in [2.45, 2.75) is 92.9 Å². The lowest BCUT2D eigenvalue weighted by Gasteiger charge is -2.45. The van der Waals surface area contributed by atoms with Crippen LogP contribution in [0.1, 0.15) is 92.9 Å². The van der Waals surface area contributed by atoms with Gasteiger partial charge in [-0.05, 0) is 36.0 Å². The molecule has 0 rings (SSSR count). The van der Waals surface area contributed by atoms with E-state index in [2.05, 4.69) is 41.5 Å². The van der Waals surface area contributed by atoms with Crippen molar-refractivity contribution in [3.63, 3.8) is 0 Å². The van der Waals surface area contributed by atoms with Crippen molar-refractivity contribution in [1.82, 2.24) is 0 Å². The summed E-state index contributed by atoms with van der Waals surface area (Å²) in [5.41, 5.74) is 0.526. The third-order valence-electron chi connectivity index (χ3n) is 5.47. The number of rotatable bonds is 12. The number of alkyl halides is 1. The first-order valence-corrected chi connectivity index (χ1v) is 9.49.